The zero-order valence-electron chi connectivity index (χ0n) is 27.9. The van der Waals surface area contributed by atoms with Gasteiger partial charge in [-0.1, -0.05) is 0 Å². The van der Waals surface area contributed by atoms with Crippen LogP contribution in [0.4, 0.5) is 0 Å². The molecule has 8 aromatic rings. The Labute approximate surface area is 333 Å². The summed E-state index contributed by atoms with van der Waals surface area (Å²) in [5.41, 5.74) is 8.22. The third-order valence-corrected chi connectivity index (χ3v) is 18.7. The fourth-order valence-corrected chi connectivity index (χ4v) is 17.2. The molecular formula is C47H30Cl4Zr. The van der Waals surface area contributed by atoms with Crippen molar-refractivity contribution in [1.82, 2.24) is 0 Å². The maximum absolute atomic E-state index is 6.93. The van der Waals surface area contributed by atoms with E-state index in [9.17, 15) is 0 Å². The van der Waals surface area contributed by atoms with Gasteiger partial charge >= 0.3 is 311 Å². The molecule has 2 aliphatic carbocycles. The molecule has 0 amide bonds. The number of allylic oxidation sites excluding steroid dienone is 4. The van der Waals surface area contributed by atoms with Crippen LogP contribution in [0.2, 0.25) is 10.0 Å². The number of hydrogen-bond donors (Lipinski definition) is 0. The van der Waals surface area contributed by atoms with Gasteiger partial charge < -0.3 is 24.8 Å². The Morgan fingerprint density at radius 1 is 0.519 bits per heavy atom. The van der Waals surface area contributed by atoms with Gasteiger partial charge in [-0.05, 0) is 0 Å². The molecular weight excluding hydrogens is 798 g/mol. The minimum absolute atomic E-state index is 0. The normalized spacial score (nSPS) is 12.6. The van der Waals surface area contributed by atoms with Crippen LogP contribution in [0.15, 0.2) is 161 Å². The summed E-state index contributed by atoms with van der Waals surface area (Å²) in [5, 5.41) is 11.6. The van der Waals surface area contributed by atoms with Crippen molar-refractivity contribution in [3.63, 3.8) is 0 Å². The maximum Gasteiger partial charge on any atom is -1.00 e. The molecule has 0 saturated carbocycles. The van der Waals surface area contributed by atoms with Crippen molar-refractivity contribution in [2.24, 2.45) is 0 Å². The van der Waals surface area contributed by atoms with E-state index in [1.165, 1.54) is 72.2 Å². The fourth-order valence-electron chi connectivity index (χ4n) is 8.62. The third kappa shape index (κ3) is 5.48. The summed E-state index contributed by atoms with van der Waals surface area (Å²) in [7, 11) is 0. The van der Waals surface area contributed by atoms with Crippen LogP contribution in [0, 0.1) is 0 Å². The topological polar surface area (TPSA) is 0 Å². The average molecular weight is 828 g/mol. The van der Waals surface area contributed by atoms with E-state index in [0.717, 1.165) is 33.7 Å². The summed E-state index contributed by atoms with van der Waals surface area (Å²) in [6.07, 6.45) is 8.96. The van der Waals surface area contributed by atoms with Gasteiger partial charge in [-0.2, -0.15) is 0 Å². The van der Waals surface area contributed by atoms with Crippen LogP contribution < -0.4 is 28.1 Å². The van der Waals surface area contributed by atoms with Gasteiger partial charge in [0.2, 0.25) is 0 Å². The molecule has 0 nitrogen and oxygen atoms in total. The number of halogens is 4. The Bertz CT molecular complexity index is 2760. The fraction of sp³-hybridized carbons (Fsp3) is 0.0426. The molecule has 0 radical (unpaired) electrons. The van der Waals surface area contributed by atoms with Gasteiger partial charge in [0.15, 0.2) is 0 Å². The second-order valence-corrected chi connectivity index (χ2v) is 20.1. The summed E-state index contributed by atoms with van der Waals surface area (Å²) >= 11 is 10.8. The number of hydrogen-bond acceptors (Lipinski definition) is 0. The van der Waals surface area contributed by atoms with E-state index in [0.29, 0.717) is 0 Å². The van der Waals surface area contributed by atoms with E-state index in [4.69, 9.17) is 23.2 Å². The average Bonchev–Trinajstić information content (AvgIpc) is 3.83. The molecule has 2 aliphatic rings. The van der Waals surface area contributed by atoms with Crippen LogP contribution in [0.25, 0.3) is 54.2 Å². The van der Waals surface area contributed by atoms with Gasteiger partial charge in [0, 0.05) is 0 Å². The predicted molar refractivity (Wildman–Crippen MR) is 212 cm³/mol. The first-order chi connectivity index (χ1) is 24.7. The van der Waals surface area contributed by atoms with Crippen LogP contribution in [0.5, 0.6) is 0 Å². The van der Waals surface area contributed by atoms with Crippen molar-refractivity contribution in [2.75, 3.05) is 0 Å². The van der Waals surface area contributed by atoms with E-state index in [-0.39, 0.29) is 24.8 Å². The Morgan fingerprint density at radius 3 is 1.75 bits per heavy atom. The first-order valence-corrected chi connectivity index (χ1v) is 21.6. The summed E-state index contributed by atoms with van der Waals surface area (Å²) < 4.78 is 4.57. The SMILES string of the molecule is Clc1cccc2c([C](c3cccc4c(Cl)cccc34)=[Zr+2]([C]3=CC=CC3)[c]3cccc4c3c3c(c5ccccc54)-c4ccccc4C3)cccc12.[Cl-].[Cl-]. The summed E-state index contributed by atoms with van der Waals surface area (Å²) in [4.78, 5) is 0. The molecule has 0 atom stereocenters. The Morgan fingerprint density at radius 2 is 1.08 bits per heavy atom. The first kappa shape index (κ1) is 35.2. The molecule has 0 saturated heterocycles. The van der Waals surface area contributed by atoms with E-state index >= 15 is 0 Å². The Balaban J connectivity index is 0.00000193. The molecule has 250 valence electrons. The van der Waals surface area contributed by atoms with Gasteiger partial charge in [0.05, 0.1) is 0 Å². The molecule has 5 heteroatoms. The van der Waals surface area contributed by atoms with Gasteiger partial charge in [0.1, 0.15) is 0 Å². The van der Waals surface area contributed by atoms with Crippen molar-refractivity contribution < 1.29 is 46.1 Å². The molecule has 0 aliphatic heterocycles. The van der Waals surface area contributed by atoms with Crippen LogP contribution in [0.1, 0.15) is 28.7 Å². The zero-order chi connectivity index (χ0) is 33.3. The van der Waals surface area contributed by atoms with E-state index in [2.05, 4.69) is 146 Å². The number of fused-ring (bicyclic) bond motifs is 10. The molecule has 0 N–H and O–H groups in total. The second-order valence-electron chi connectivity index (χ2n) is 13.3. The summed E-state index contributed by atoms with van der Waals surface area (Å²) in [6.45, 7) is 0. The van der Waals surface area contributed by atoms with Crippen LogP contribution in [-0.4, -0.2) is 3.21 Å². The van der Waals surface area contributed by atoms with Gasteiger partial charge in [-0.3, -0.25) is 0 Å². The largest absolute Gasteiger partial charge is 1.00 e. The van der Waals surface area contributed by atoms with Gasteiger partial charge in [-0.25, -0.2) is 0 Å². The molecule has 0 heterocycles. The van der Waals surface area contributed by atoms with E-state index in [1.54, 1.807) is 3.28 Å². The molecule has 52 heavy (non-hydrogen) atoms. The van der Waals surface area contributed by atoms with Crippen molar-refractivity contribution in [1.29, 1.82) is 0 Å². The predicted octanol–water partition coefficient (Wildman–Crippen LogP) is 6.54. The first-order valence-electron chi connectivity index (χ1n) is 17.2. The van der Waals surface area contributed by atoms with E-state index in [1.807, 2.05) is 12.1 Å². The molecule has 8 aromatic carbocycles. The van der Waals surface area contributed by atoms with Crippen LogP contribution in [0.3, 0.4) is 0 Å². The smallest absolute Gasteiger partial charge is 1.00 e. The molecule has 0 fully saturated rings. The second kappa shape index (κ2) is 14.2. The summed E-state index contributed by atoms with van der Waals surface area (Å²) in [6, 6.07) is 51.3. The number of benzene rings is 8. The van der Waals surface area contributed by atoms with Crippen molar-refractivity contribution in [2.45, 2.75) is 12.8 Å². The molecule has 10 rings (SSSR count). The summed E-state index contributed by atoms with van der Waals surface area (Å²) in [5.74, 6) is 0. The van der Waals surface area contributed by atoms with Crippen LogP contribution >= 0.6 is 23.2 Å². The standard InChI is InChI=1S/C21H12Cl2.C21H13.C5H5.2ClH.Zr/c22-20-11-3-7-16-14(5-1-9-18(16)20)13-15-6-2-10-19-17(15)8-4-12-21(19)23;1-2-8-15-14(7-1)13-20-18-11-4-3-9-16(18)17-10-5-6-12-19(17)21(15)20;1-2-4-5-3-1;;;/h1-12H;1-10,12H,13H2;1-3H,4H2;2*1H;/q;;;;;+2/p-2. The molecule has 0 spiro atoms. The minimum Gasteiger partial charge on any atom is -1.00 e. The van der Waals surface area contributed by atoms with Crippen LogP contribution in [-0.2, 0) is 27.7 Å². The minimum atomic E-state index is -3.09. The van der Waals surface area contributed by atoms with Crippen molar-refractivity contribution in [3.05, 3.63) is 193 Å². The third-order valence-electron chi connectivity index (χ3n) is 10.7. The zero-order valence-corrected chi connectivity index (χ0v) is 33.4. The van der Waals surface area contributed by atoms with Gasteiger partial charge in [0.25, 0.3) is 0 Å². The monoisotopic (exact) mass is 824 g/mol. The Kier molecular flexibility index (Phi) is 9.63. The number of rotatable bonds is 4. The van der Waals surface area contributed by atoms with E-state index < -0.39 is 21.3 Å². The molecule has 0 unspecified atom stereocenters. The van der Waals surface area contributed by atoms with Gasteiger partial charge in [-0.15, -0.1) is 0 Å². The molecule has 0 bridgehead atoms. The molecule has 0 aromatic heterocycles. The quantitative estimate of drug-likeness (QED) is 0.177. The van der Waals surface area contributed by atoms with Crippen molar-refractivity contribution in [3.8, 4) is 11.1 Å². The Hall–Kier alpha value is -3.81. The van der Waals surface area contributed by atoms with Crippen molar-refractivity contribution >= 4 is 72.8 Å². The maximum atomic E-state index is 6.93.